The van der Waals surface area contributed by atoms with E-state index < -0.39 is 0 Å². The minimum atomic E-state index is 0.882. The Kier molecular flexibility index (Phi) is 4.27. The van der Waals surface area contributed by atoms with E-state index in [0.717, 1.165) is 17.8 Å². The van der Waals surface area contributed by atoms with Gasteiger partial charge in [0.05, 0.1) is 0 Å². The molecule has 0 aromatic rings. The molecule has 0 heterocycles. The zero-order valence-corrected chi connectivity index (χ0v) is 7.59. The van der Waals surface area contributed by atoms with Crippen molar-refractivity contribution in [3.8, 4) is 0 Å². The van der Waals surface area contributed by atoms with Crippen LogP contribution >= 0.6 is 0 Å². The van der Waals surface area contributed by atoms with Gasteiger partial charge in [0.25, 0.3) is 0 Å². The number of nitrogens with zero attached hydrogens (tertiary/aromatic N) is 2. The lowest BCUT2D eigenvalue weighted by Gasteiger charge is -2.13. The first-order valence-corrected chi connectivity index (χ1v) is 3.73. The van der Waals surface area contributed by atoms with Gasteiger partial charge in [0.1, 0.15) is 0 Å². The molecule has 0 spiro atoms. The lowest BCUT2D eigenvalue weighted by Crippen LogP contribution is -2.08. The maximum absolute atomic E-state index is 4.25. The monoisotopic (exact) mass is 152 g/mol. The van der Waals surface area contributed by atoms with E-state index in [9.17, 15) is 0 Å². The van der Waals surface area contributed by atoms with Crippen LogP contribution in [0.3, 0.4) is 0 Å². The van der Waals surface area contributed by atoms with Crippen molar-refractivity contribution in [3.63, 3.8) is 0 Å². The summed E-state index contributed by atoms with van der Waals surface area (Å²) < 4.78 is 0. The van der Waals surface area contributed by atoms with Crippen molar-refractivity contribution in [2.45, 2.75) is 27.2 Å². The summed E-state index contributed by atoms with van der Waals surface area (Å²) in [5.41, 5.74) is 1.96. The van der Waals surface area contributed by atoms with E-state index in [1.807, 2.05) is 13.8 Å². The SMILES string of the molecule is C=CN(N=C(C)CC)C(=C)C. The van der Waals surface area contributed by atoms with Gasteiger partial charge >= 0.3 is 0 Å². The Balaban J connectivity index is 4.29. The summed E-state index contributed by atoms with van der Waals surface area (Å²) in [5, 5.41) is 5.92. The average molecular weight is 152 g/mol. The lowest BCUT2D eigenvalue weighted by atomic mass is 10.3. The van der Waals surface area contributed by atoms with Crippen molar-refractivity contribution in [1.82, 2.24) is 5.01 Å². The van der Waals surface area contributed by atoms with Gasteiger partial charge in [-0.25, -0.2) is 5.01 Å². The molecule has 0 radical (unpaired) electrons. The second kappa shape index (κ2) is 4.72. The zero-order chi connectivity index (χ0) is 8.85. The number of hydrazone groups is 1. The van der Waals surface area contributed by atoms with Crippen LogP contribution < -0.4 is 0 Å². The minimum absolute atomic E-state index is 0.882. The topological polar surface area (TPSA) is 15.6 Å². The summed E-state index contributed by atoms with van der Waals surface area (Å²) in [7, 11) is 0. The quantitative estimate of drug-likeness (QED) is 0.446. The zero-order valence-electron chi connectivity index (χ0n) is 7.59. The highest BCUT2D eigenvalue weighted by Crippen LogP contribution is 2.02. The summed E-state index contributed by atoms with van der Waals surface area (Å²) in [4.78, 5) is 0. The second-order valence-electron chi connectivity index (χ2n) is 2.45. The predicted molar refractivity (Wildman–Crippen MR) is 50.3 cm³/mol. The minimum Gasteiger partial charge on any atom is -0.247 e. The number of hydrogen-bond donors (Lipinski definition) is 0. The van der Waals surface area contributed by atoms with Crippen LogP contribution in [0.15, 0.2) is 30.2 Å². The van der Waals surface area contributed by atoms with Gasteiger partial charge in [-0.1, -0.05) is 20.1 Å². The van der Waals surface area contributed by atoms with Gasteiger partial charge in [-0.05, 0) is 20.3 Å². The molecule has 2 heteroatoms. The van der Waals surface area contributed by atoms with Crippen LogP contribution in [0.2, 0.25) is 0 Å². The Morgan fingerprint density at radius 1 is 1.55 bits per heavy atom. The maximum atomic E-state index is 4.25. The first-order valence-electron chi connectivity index (χ1n) is 3.73. The number of rotatable bonds is 4. The molecule has 0 aliphatic rings. The van der Waals surface area contributed by atoms with E-state index in [1.54, 1.807) is 11.2 Å². The molecule has 0 saturated carbocycles. The third-order valence-electron chi connectivity index (χ3n) is 1.35. The summed E-state index contributed by atoms with van der Waals surface area (Å²) in [6.07, 6.45) is 2.61. The summed E-state index contributed by atoms with van der Waals surface area (Å²) in [5.74, 6) is 0. The fraction of sp³-hybridized carbons (Fsp3) is 0.444. The van der Waals surface area contributed by atoms with Crippen molar-refractivity contribution in [2.24, 2.45) is 5.10 Å². The molecule has 0 aliphatic heterocycles. The van der Waals surface area contributed by atoms with Crippen molar-refractivity contribution >= 4 is 5.71 Å². The smallest absolute Gasteiger partial charge is 0.0355 e. The molecule has 0 atom stereocenters. The van der Waals surface area contributed by atoms with Crippen LogP contribution in [0, 0.1) is 0 Å². The van der Waals surface area contributed by atoms with Crippen LogP contribution in [-0.2, 0) is 0 Å². The molecule has 0 aromatic heterocycles. The summed E-state index contributed by atoms with van der Waals surface area (Å²) in [6, 6.07) is 0. The molecule has 62 valence electrons. The van der Waals surface area contributed by atoms with E-state index in [1.165, 1.54) is 0 Å². The van der Waals surface area contributed by atoms with E-state index in [0.29, 0.717) is 0 Å². The van der Waals surface area contributed by atoms with Crippen LogP contribution in [0.25, 0.3) is 0 Å². The van der Waals surface area contributed by atoms with Crippen LogP contribution in [0.4, 0.5) is 0 Å². The number of allylic oxidation sites excluding steroid dienone is 1. The van der Waals surface area contributed by atoms with Gasteiger partial charge in [-0.3, -0.25) is 0 Å². The largest absolute Gasteiger partial charge is 0.247 e. The molecule has 0 unspecified atom stereocenters. The Bertz CT molecular complexity index is 180. The molecular formula is C9H16N2. The Morgan fingerprint density at radius 2 is 2.09 bits per heavy atom. The van der Waals surface area contributed by atoms with Gasteiger partial charge in [0.15, 0.2) is 0 Å². The van der Waals surface area contributed by atoms with Crippen LogP contribution in [-0.4, -0.2) is 10.7 Å². The first-order chi connectivity index (χ1) is 5.11. The van der Waals surface area contributed by atoms with Gasteiger partial charge < -0.3 is 0 Å². The fourth-order valence-electron chi connectivity index (χ4n) is 0.537. The third kappa shape index (κ3) is 3.61. The molecule has 11 heavy (non-hydrogen) atoms. The maximum Gasteiger partial charge on any atom is 0.0355 e. The van der Waals surface area contributed by atoms with Gasteiger partial charge in [-0.15, -0.1) is 0 Å². The molecule has 0 aromatic carbocycles. The highest BCUT2D eigenvalue weighted by atomic mass is 15.4. The Hall–Kier alpha value is -1.05. The van der Waals surface area contributed by atoms with Crippen molar-refractivity contribution < 1.29 is 0 Å². The van der Waals surface area contributed by atoms with E-state index >= 15 is 0 Å². The third-order valence-corrected chi connectivity index (χ3v) is 1.35. The highest BCUT2D eigenvalue weighted by molar-refractivity contribution is 5.81. The molecule has 0 bridgehead atoms. The van der Waals surface area contributed by atoms with Gasteiger partial charge in [0, 0.05) is 17.6 Å². The normalized spacial score (nSPS) is 11.0. The lowest BCUT2D eigenvalue weighted by molar-refractivity contribution is 0.501. The summed E-state index contributed by atoms with van der Waals surface area (Å²) in [6.45, 7) is 13.3. The predicted octanol–water partition coefficient (Wildman–Crippen LogP) is 2.75. The van der Waals surface area contributed by atoms with E-state index in [2.05, 4.69) is 25.2 Å². The number of hydrogen-bond acceptors (Lipinski definition) is 2. The molecular weight excluding hydrogens is 136 g/mol. The Labute approximate surface area is 68.9 Å². The molecule has 2 nitrogen and oxygen atoms in total. The van der Waals surface area contributed by atoms with Crippen LogP contribution in [0.1, 0.15) is 27.2 Å². The first kappa shape index (κ1) is 9.95. The van der Waals surface area contributed by atoms with E-state index in [-0.39, 0.29) is 0 Å². The van der Waals surface area contributed by atoms with Gasteiger partial charge in [-0.2, -0.15) is 5.10 Å². The molecule has 0 amide bonds. The van der Waals surface area contributed by atoms with Crippen molar-refractivity contribution in [2.75, 3.05) is 0 Å². The second-order valence-corrected chi connectivity index (χ2v) is 2.45. The molecule has 0 saturated heterocycles. The van der Waals surface area contributed by atoms with Gasteiger partial charge in [0.2, 0.25) is 0 Å². The standard InChI is InChI=1S/C9H16N2/c1-6-9(5)10-11(7-2)8(3)4/h7H,2-3,6H2,1,4-5H3. The molecule has 0 N–H and O–H groups in total. The molecule has 0 rings (SSSR count). The fourth-order valence-corrected chi connectivity index (χ4v) is 0.537. The Morgan fingerprint density at radius 3 is 2.36 bits per heavy atom. The average Bonchev–Trinajstić information content (AvgIpc) is 1.99. The molecule has 0 fully saturated rings. The van der Waals surface area contributed by atoms with E-state index in [4.69, 9.17) is 0 Å². The van der Waals surface area contributed by atoms with Crippen LogP contribution in [0.5, 0.6) is 0 Å². The molecule has 0 aliphatic carbocycles. The van der Waals surface area contributed by atoms with Crippen molar-refractivity contribution in [3.05, 3.63) is 25.1 Å². The highest BCUT2D eigenvalue weighted by Gasteiger charge is 1.94. The van der Waals surface area contributed by atoms with Crippen molar-refractivity contribution in [1.29, 1.82) is 0 Å². The summed E-state index contributed by atoms with van der Waals surface area (Å²) >= 11 is 0.